The summed E-state index contributed by atoms with van der Waals surface area (Å²) in [7, 11) is 1.55. The molecule has 30 heavy (non-hydrogen) atoms. The first-order valence-electron chi connectivity index (χ1n) is 9.37. The van der Waals surface area contributed by atoms with Gasteiger partial charge in [-0.1, -0.05) is 24.3 Å². The summed E-state index contributed by atoms with van der Waals surface area (Å²) < 4.78 is 24.7. The van der Waals surface area contributed by atoms with Crippen LogP contribution >= 0.6 is 0 Å². The maximum absolute atomic E-state index is 13.5. The molecule has 1 aliphatic rings. The number of fused-ring (bicyclic) bond motifs is 2. The van der Waals surface area contributed by atoms with Gasteiger partial charge in [0.15, 0.2) is 5.43 Å². The molecule has 0 aliphatic carbocycles. The fourth-order valence-corrected chi connectivity index (χ4v) is 3.91. The molecule has 0 spiro atoms. The molecule has 0 radical (unpaired) electrons. The van der Waals surface area contributed by atoms with E-state index in [1.807, 2.05) is 6.07 Å². The van der Waals surface area contributed by atoms with E-state index in [4.69, 9.17) is 9.15 Å². The Morgan fingerprint density at radius 1 is 0.967 bits per heavy atom. The second kappa shape index (κ2) is 6.84. The van der Waals surface area contributed by atoms with Crippen molar-refractivity contribution in [1.29, 1.82) is 0 Å². The van der Waals surface area contributed by atoms with Crippen LogP contribution in [0.1, 0.15) is 27.7 Å². The predicted molar refractivity (Wildman–Crippen MR) is 111 cm³/mol. The van der Waals surface area contributed by atoms with E-state index in [2.05, 4.69) is 0 Å². The Bertz CT molecular complexity index is 1340. The lowest BCUT2D eigenvalue weighted by Crippen LogP contribution is -2.29. The highest BCUT2D eigenvalue weighted by atomic mass is 19.1. The van der Waals surface area contributed by atoms with Crippen molar-refractivity contribution in [3.8, 4) is 5.75 Å². The number of rotatable bonds is 3. The number of anilines is 1. The lowest BCUT2D eigenvalue weighted by molar-refractivity contribution is 0.0971. The van der Waals surface area contributed by atoms with Crippen molar-refractivity contribution in [1.82, 2.24) is 0 Å². The van der Waals surface area contributed by atoms with Gasteiger partial charge in [0, 0.05) is 5.69 Å². The molecule has 1 aromatic heterocycles. The first kappa shape index (κ1) is 18.1. The third kappa shape index (κ3) is 2.69. The van der Waals surface area contributed by atoms with E-state index >= 15 is 0 Å². The zero-order chi connectivity index (χ0) is 20.8. The number of nitrogens with zero attached hydrogens (tertiary/aromatic N) is 1. The fourth-order valence-electron chi connectivity index (χ4n) is 3.91. The number of hydrogen-bond donors (Lipinski definition) is 0. The Hall–Kier alpha value is -3.93. The van der Waals surface area contributed by atoms with Gasteiger partial charge in [-0.15, -0.1) is 0 Å². The van der Waals surface area contributed by atoms with Crippen LogP contribution in [0.4, 0.5) is 10.1 Å². The van der Waals surface area contributed by atoms with Crippen molar-refractivity contribution in [2.24, 2.45) is 0 Å². The standard InChI is InChI=1S/C24H16FNO4/c1-29-17-6-4-5-14(13-17)21-20-22(27)18-7-2-3-8-19(18)30-23(20)24(28)26(21)16-11-9-15(25)10-12-16/h2-13,21H,1H3. The van der Waals surface area contributed by atoms with Gasteiger partial charge in [-0.05, 0) is 54.1 Å². The lowest BCUT2D eigenvalue weighted by atomic mass is 9.98. The molecule has 0 bridgehead atoms. The average Bonchev–Trinajstić information content (AvgIpc) is 3.07. The second-order valence-electron chi connectivity index (χ2n) is 7.00. The topological polar surface area (TPSA) is 59.8 Å². The van der Waals surface area contributed by atoms with Gasteiger partial charge in [0.25, 0.3) is 5.91 Å². The van der Waals surface area contributed by atoms with Gasteiger partial charge in [0.2, 0.25) is 5.76 Å². The van der Waals surface area contributed by atoms with Gasteiger partial charge in [0.05, 0.1) is 24.1 Å². The maximum Gasteiger partial charge on any atom is 0.295 e. The van der Waals surface area contributed by atoms with E-state index in [1.54, 1.807) is 49.6 Å². The van der Waals surface area contributed by atoms with E-state index in [1.165, 1.54) is 29.2 Å². The Morgan fingerprint density at radius 3 is 2.50 bits per heavy atom. The number of carbonyl (C=O) groups excluding carboxylic acids is 1. The van der Waals surface area contributed by atoms with Crippen molar-refractivity contribution in [3.63, 3.8) is 0 Å². The van der Waals surface area contributed by atoms with Crippen LogP contribution in [0.25, 0.3) is 11.0 Å². The molecule has 148 valence electrons. The molecule has 6 heteroatoms. The number of ether oxygens (including phenoxy) is 1. The van der Waals surface area contributed by atoms with Gasteiger partial charge in [0.1, 0.15) is 17.1 Å². The highest BCUT2D eigenvalue weighted by Crippen LogP contribution is 2.41. The summed E-state index contributed by atoms with van der Waals surface area (Å²) in [5.74, 6) is -0.276. The van der Waals surface area contributed by atoms with Crippen LogP contribution < -0.4 is 15.1 Å². The van der Waals surface area contributed by atoms with Gasteiger partial charge >= 0.3 is 0 Å². The van der Waals surface area contributed by atoms with Crippen LogP contribution in [-0.4, -0.2) is 13.0 Å². The minimum absolute atomic E-state index is 0.00385. The monoisotopic (exact) mass is 401 g/mol. The highest BCUT2D eigenvalue weighted by Gasteiger charge is 2.43. The lowest BCUT2D eigenvalue weighted by Gasteiger charge is -2.25. The van der Waals surface area contributed by atoms with E-state index < -0.39 is 17.8 Å². The summed E-state index contributed by atoms with van der Waals surface area (Å²) in [6.07, 6.45) is 0. The van der Waals surface area contributed by atoms with Gasteiger partial charge in [-0.25, -0.2) is 4.39 Å². The molecule has 0 saturated heterocycles. The minimum Gasteiger partial charge on any atom is -0.497 e. The zero-order valence-corrected chi connectivity index (χ0v) is 16.0. The number of para-hydroxylation sites is 1. The minimum atomic E-state index is -0.728. The van der Waals surface area contributed by atoms with Crippen molar-refractivity contribution in [2.45, 2.75) is 6.04 Å². The Labute approximate surface area is 170 Å². The molecule has 0 N–H and O–H groups in total. The first-order chi connectivity index (χ1) is 14.6. The SMILES string of the molecule is COc1cccc(C2c3c(oc4ccccc4c3=O)C(=O)N2c2ccc(F)cc2)c1. The van der Waals surface area contributed by atoms with E-state index in [0.29, 0.717) is 28.0 Å². The first-order valence-corrected chi connectivity index (χ1v) is 9.37. The molecule has 4 aromatic rings. The molecule has 0 saturated carbocycles. The van der Waals surface area contributed by atoms with E-state index in [-0.39, 0.29) is 16.8 Å². The highest BCUT2D eigenvalue weighted by molar-refractivity contribution is 6.10. The van der Waals surface area contributed by atoms with Gasteiger partial charge in [-0.3, -0.25) is 14.5 Å². The number of halogens is 1. The second-order valence-corrected chi connectivity index (χ2v) is 7.00. The number of hydrogen-bond acceptors (Lipinski definition) is 4. The third-order valence-corrected chi connectivity index (χ3v) is 5.29. The van der Waals surface area contributed by atoms with Gasteiger partial charge in [-0.2, -0.15) is 0 Å². The third-order valence-electron chi connectivity index (χ3n) is 5.29. The van der Waals surface area contributed by atoms with Crippen LogP contribution in [0.2, 0.25) is 0 Å². The van der Waals surface area contributed by atoms with Crippen LogP contribution in [0.5, 0.6) is 5.75 Å². The maximum atomic E-state index is 13.5. The number of methoxy groups -OCH3 is 1. The summed E-state index contributed by atoms with van der Waals surface area (Å²) in [5, 5.41) is 0.401. The van der Waals surface area contributed by atoms with Crippen molar-refractivity contribution < 1.29 is 18.3 Å². The molecular formula is C24H16FNO4. The summed E-state index contributed by atoms with van der Waals surface area (Å²) in [5.41, 5.74) is 1.49. The Morgan fingerprint density at radius 2 is 1.73 bits per heavy atom. The summed E-state index contributed by atoms with van der Waals surface area (Å²) in [6, 6.07) is 18.9. The van der Waals surface area contributed by atoms with Crippen LogP contribution in [0, 0.1) is 5.82 Å². The summed E-state index contributed by atoms with van der Waals surface area (Å²) in [6.45, 7) is 0. The van der Waals surface area contributed by atoms with Crippen molar-refractivity contribution in [3.05, 3.63) is 106 Å². The van der Waals surface area contributed by atoms with Crippen LogP contribution in [0.15, 0.2) is 82.0 Å². The summed E-state index contributed by atoms with van der Waals surface area (Å²) >= 11 is 0. The molecular weight excluding hydrogens is 385 g/mol. The van der Waals surface area contributed by atoms with E-state index in [9.17, 15) is 14.0 Å². The van der Waals surface area contributed by atoms with Crippen LogP contribution in [-0.2, 0) is 0 Å². The molecule has 3 aromatic carbocycles. The van der Waals surface area contributed by atoms with E-state index in [0.717, 1.165) is 0 Å². The molecule has 1 aliphatic heterocycles. The van der Waals surface area contributed by atoms with Crippen molar-refractivity contribution >= 4 is 22.6 Å². The van der Waals surface area contributed by atoms with Gasteiger partial charge < -0.3 is 9.15 Å². The number of carbonyl (C=O) groups is 1. The molecule has 5 rings (SSSR count). The molecule has 5 nitrogen and oxygen atoms in total. The van der Waals surface area contributed by atoms with Crippen molar-refractivity contribution in [2.75, 3.05) is 12.0 Å². The Kier molecular flexibility index (Phi) is 4.13. The van der Waals surface area contributed by atoms with Crippen LogP contribution in [0.3, 0.4) is 0 Å². The normalized spacial score (nSPS) is 15.5. The molecule has 1 amide bonds. The quantitative estimate of drug-likeness (QED) is 0.500. The predicted octanol–water partition coefficient (Wildman–Crippen LogP) is 4.69. The summed E-state index contributed by atoms with van der Waals surface area (Å²) in [4.78, 5) is 28.3. The molecule has 2 heterocycles. The zero-order valence-electron chi connectivity index (χ0n) is 16.0. The number of amides is 1. The molecule has 1 unspecified atom stereocenters. The molecule has 1 atom stereocenters. The fraction of sp³-hybridized carbons (Fsp3) is 0.0833. The molecule has 0 fully saturated rings. The average molecular weight is 401 g/mol. The number of benzene rings is 3. The largest absolute Gasteiger partial charge is 0.497 e. The Balaban J connectivity index is 1.81. The smallest absolute Gasteiger partial charge is 0.295 e.